The molecular formula is C22H23NO4. The first-order valence-corrected chi connectivity index (χ1v) is 9.33. The molecule has 0 radical (unpaired) electrons. The minimum atomic E-state index is -1.10. The molecule has 0 unspecified atom stereocenters. The molecule has 0 spiro atoms. The number of rotatable bonds is 5. The second kappa shape index (κ2) is 6.41. The topological polar surface area (TPSA) is 66.8 Å². The fourth-order valence-corrected chi connectivity index (χ4v) is 4.22. The largest absolute Gasteiger partial charge is 0.479 e. The predicted octanol–water partition coefficient (Wildman–Crippen LogP) is 4.26. The fraction of sp³-hybridized carbons (Fsp3) is 0.364. The summed E-state index contributed by atoms with van der Waals surface area (Å²) in [7, 11) is 0. The van der Waals surface area contributed by atoms with E-state index in [0.29, 0.717) is 12.8 Å². The summed E-state index contributed by atoms with van der Waals surface area (Å²) in [5.74, 6) is -0.986. The van der Waals surface area contributed by atoms with E-state index in [2.05, 4.69) is 24.3 Å². The van der Waals surface area contributed by atoms with Gasteiger partial charge in [0.05, 0.1) is 0 Å². The number of fused-ring (bicyclic) bond motifs is 3. The van der Waals surface area contributed by atoms with Gasteiger partial charge in [0.2, 0.25) is 0 Å². The van der Waals surface area contributed by atoms with Crippen molar-refractivity contribution in [2.24, 2.45) is 0 Å². The normalized spacial score (nSPS) is 16.6. The molecule has 0 aliphatic heterocycles. The zero-order chi connectivity index (χ0) is 19.2. The average Bonchev–Trinajstić information content (AvgIpc) is 3.38. The Kier molecular flexibility index (Phi) is 4.17. The number of hydrogen-bond donors (Lipinski definition) is 1. The van der Waals surface area contributed by atoms with Crippen molar-refractivity contribution >= 4 is 12.1 Å². The Morgan fingerprint density at radius 1 is 1.07 bits per heavy atom. The summed E-state index contributed by atoms with van der Waals surface area (Å²) in [6.45, 7) is 3.85. The number of carboxylic acid groups (broad SMARTS) is 1. The zero-order valence-corrected chi connectivity index (χ0v) is 15.5. The van der Waals surface area contributed by atoms with Crippen molar-refractivity contribution in [2.45, 2.75) is 44.2 Å². The molecule has 0 aromatic heterocycles. The molecule has 0 atom stereocenters. The second-order valence-corrected chi connectivity index (χ2v) is 7.60. The number of carbonyl (C=O) groups is 2. The average molecular weight is 365 g/mol. The van der Waals surface area contributed by atoms with E-state index in [1.54, 1.807) is 0 Å². The summed E-state index contributed by atoms with van der Waals surface area (Å²) in [4.78, 5) is 25.9. The van der Waals surface area contributed by atoms with E-state index in [4.69, 9.17) is 4.74 Å². The van der Waals surface area contributed by atoms with Gasteiger partial charge in [-0.05, 0) is 48.9 Å². The molecule has 1 fully saturated rings. The number of carbonyl (C=O) groups excluding carboxylic acids is 1. The van der Waals surface area contributed by atoms with Gasteiger partial charge in [-0.2, -0.15) is 0 Å². The third-order valence-electron chi connectivity index (χ3n) is 5.63. The van der Waals surface area contributed by atoms with Gasteiger partial charge in [0.25, 0.3) is 0 Å². The predicted molar refractivity (Wildman–Crippen MR) is 102 cm³/mol. The van der Waals surface area contributed by atoms with Crippen LogP contribution in [0.3, 0.4) is 0 Å². The third kappa shape index (κ3) is 2.78. The summed E-state index contributed by atoms with van der Waals surface area (Å²) < 4.78 is 5.66. The molecule has 0 heterocycles. The highest BCUT2D eigenvalue weighted by Crippen LogP contribution is 2.46. The van der Waals surface area contributed by atoms with Crippen molar-refractivity contribution in [1.82, 2.24) is 4.90 Å². The highest BCUT2D eigenvalue weighted by Gasteiger charge is 2.58. The molecule has 0 saturated heterocycles. The maximum atomic E-state index is 12.8. The van der Waals surface area contributed by atoms with Crippen LogP contribution >= 0.6 is 0 Å². The van der Waals surface area contributed by atoms with Crippen molar-refractivity contribution in [3.8, 4) is 11.1 Å². The van der Waals surface area contributed by atoms with Gasteiger partial charge in [0.1, 0.15) is 12.1 Å². The Bertz CT molecular complexity index is 855. The van der Waals surface area contributed by atoms with Crippen molar-refractivity contribution in [3.05, 3.63) is 59.7 Å². The number of nitrogens with zero attached hydrogens (tertiary/aromatic N) is 1. The van der Waals surface area contributed by atoms with E-state index in [0.717, 1.165) is 11.1 Å². The van der Waals surface area contributed by atoms with Gasteiger partial charge in [-0.15, -0.1) is 0 Å². The molecular weight excluding hydrogens is 342 g/mol. The molecule has 2 aliphatic carbocycles. The maximum Gasteiger partial charge on any atom is 0.410 e. The molecule has 1 amide bonds. The number of amides is 1. The number of benzene rings is 2. The van der Waals surface area contributed by atoms with E-state index in [1.165, 1.54) is 16.0 Å². The van der Waals surface area contributed by atoms with Crippen LogP contribution in [0.4, 0.5) is 4.79 Å². The number of aliphatic carboxylic acids is 1. The molecule has 1 saturated carbocycles. The van der Waals surface area contributed by atoms with Crippen LogP contribution in [-0.4, -0.2) is 40.3 Å². The van der Waals surface area contributed by atoms with Gasteiger partial charge < -0.3 is 9.84 Å². The summed E-state index contributed by atoms with van der Waals surface area (Å²) in [5, 5.41) is 9.56. The Labute approximate surface area is 158 Å². The Hall–Kier alpha value is -2.82. The van der Waals surface area contributed by atoms with Gasteiger partial charge in [-0.3, -0.25) is 4.90 Å². The molecule has 4 rings (SSSR count). The molecule has 5 nitrogen and oxygen atoms in total. The van der Waals surface area contributed by atoms with E-state index < -0.39 is 17.6 Å². The molecule has 27 heavy (non-hydrogen) atoms. The quantitative estimate of drug-likeness (QED) is 0.860. The molecule has 1 N–H and O–H groups in total. The number of hydrogen-bond acceptors (Lipinski definition) is 3. The highest BCUT2D eigenvalue weighted by molar-refractivity contribution is 5.87. The van der Waals surface area contributed by atoms with Gasteiger partial charge >= 0.3 is 12.1 Å². The minimum absolute atomic E-state index is 0.0321. The summed E-state index contributed by atoms with van der Waals surface area (Å²) in [6.07, 6.45) is 0.404. The second-order valence-electron chi connectivity index (χ2n) is 7.60. The van der Waals surface area contributed by atoms with Crippen molar-refractivity contribution in [2.75, 3.05) is 6.61 Å². The van der Waals surface area contributed by atoms with Crippen LogP contribution in [0.5, 0.6) is 0 Å². The van der Waals surface area contributed by atoms with Crippen molar-refractivity contribution in [3.63, 3.8) is 0 Å². The van der Waals surface area contributed by atoms with Gasteiger partial charge in [-0.25, -0.2) is 9.59 Å². The first-order valence-electron chi connectivity index (χ1n) is 9.33. The zero-order valence-electron chi connectivity index (χ0n) is 15.5. The van der Waals surface area contributed by atoms with Crippen LogP contribution in [0.1, 0.15) is 43.7 Å². The maximum absolute atomic E-state index is 12.8. The Morgan fingerprint density at radius 3 is 2.04 bits per heavy atom. The fourth-order valence-electron chi connectivity index (χ4n) is 4.22. The van der Waals surface area contributed by atoms with E-state index in [-0.39, 0.29) is 18.6 Å². The van der Waals surface area contributed by atoms with Crippen LogP contribution in [-0.2, 0) is 9.53 Å². The van der Waals surface area contributed by atoms with E-state index in [9.17, 15) is 14.7 Å². The standard InChI is InChI=1S/C22H23NO4/c1-14(2)23(22(11-12-22)20(24)25)21(26)27-13-19-17-9-5-3-7-15(17)16-8-4-6-10-18(16)19/h3-10,14,19H,11-13H2,1-2H3,(H,24,25). The smallest absolute Gasteiger partial charge is 0.410 e. The molecule has 0 bridgehead atoms. The minimum Gasteiger partial charge on any atom is -0.479 e. The number of ether oxygens (including phenoxy) is 1. The SMILES string of the molecule is CC(C)N(C(=O)OCC1c2ccccc2-c2ccccc21)C1(C(=O)O)CC1. The summed E-state index contributed by atoms with van der Waals surface area (Å²) >= 11 is 0. The van der Waals surface area contributed by atoms with Crippen molar-refractivity contribution in [1.29, 1.82) is 0 Å². The summed E-state index contributed by atoms with van der Waals surface area (Å²) in [6, 6.07) is 16.1. The lowest BCUT2D eigenvalue weighted by molar-refractivity contribution is -0.145. The highest BCUT2D eigenvalue weighted by atomic mass is 16.6. The molecule has 5 heteroatoms. The Morgan fingerprint density at radius 2 is 1.59 bits per heavy atom. The third-order valence-corrected chi connectivity index (χ3v) is 5.63. The lowest BCUT2D eigenvalue weighted by Gasteiger charge is -2.32. The first-order chi connectivity index (χ1) is 13.0. The lowest BCUT2D eigenvalue weighted by Crippen LogP contribution is -2.51. The molecule has 2 aromatic rings. The van der Waals surface area contributed by atoms with Crippen LogP contribution in [0.25, 0.3) is 11.1 Å². The van der Waals surface area contributed by atoms with Crippen LogP contribution in [0.15, 0.2) is 48.5 Å². The van der Waals surface area contributed by atoms with Crippen LogP contribution in [0, 0.1) is 0 Å². The van der Waals surface area contributed by atoms with E-state index in [1.807, 2.05) is 38.1 Å². The monoisotopic (exact) mass is 365 g/mol. The summed E-state index contributed by atoms with van der Waals surface area (Å²) in [5.41, 5.74) is 3.51. The lowest BCUT2D eigenvalue weighted by atomic mass is 9.98. The number of carboxylic acids is 1. The van der Waals surface area contributed by atoms with Crippen molar-refractivity contribution < 1.29 is 19.4 Å². The van der Waals surface area contributed by atoms with Gasteiger partial charge in [0.15, 0.2) is 0 Å². The van der Waals surface area contributed by atoms with Gasteiger partial charge in [0, 0.05) is 12.0 Å². The van der Waals surface area contributed by atoms with E-state index >= 15 is 0 Å². The van der Waals surface area contributed by atoms with Crippen LogP contribution in [0.2, 0.25) is 0 Å². The first kappa shape index (κ1) is 17.6. The molecule has 2 aliphatic rings. The molecule has 2 aromatic carbocycles. The Balaban J connectivity index is 1.57. The van der Waals surface area contributed by atoms with Gasteiger partial charge in [-0.1, -0.05) is 48.5 Å². The molecule has 140 valence electrons. The van der Waals surface area contributed by atoms with Crippen LogP contribution < -0.4 is 0 Å².